The van der Waals surface area contributed by atoms with Crippen LogP contribution >= 0.6 is 11.3 Å². The number of rotatable bonds is 7. The lowest BCUT2D eigenvalue weighted by Gasteiger charge is -2.12. The van der Waals surface area contributed by atoms with E-state index in [-0.39, 0.29) is 12.2 Å². The molecule has 3 aromatic rings. The third-order valence-electron chi connectivity index (χ3n) is 6.56. The van der Waals surface area contributed by atoms with E-state index in [1.165, 1.54) is 23.0 Å². The number of nitriles is 1. The van der Waals surface area contributed by atoms with E-state index in [4.69, 9.17) is 9.15 Å². The van der Waals surface area contributed by atoms with E-state index in [1.807, 2.05) is 30.3 Å². The van der Waals surface area contributed by atoms with E-state index in [2.05, 4.69) is 17.4 Å². The second kappa shape index (κ2) is 9.93. The first-order valence-corrected chi connectivity index (χ1v) is 12.8. The Bertz CT molecular complexity index is 1330. The molecule has 0 unspecified atom stereocenters. The maximum absolute atomic E-state index is 13.0. The smallest absolute Gasteiger partial charge is 0.341 e. The van der Waals surface area contributed by atoms with Crippen LogP contribution in [0.4, 0.5) is 5.00 Å². The number of nitrogens with zero attached hydrogens (tertiary/aromatic N) is 1. The summed E-state index contributed by atoms with van der Waals surface area (Å²) in [6, 6.07) is 16.0. The van der Waals surface area contributed by atoms with E-state index < -0.39 is 11.9 Å². The van der Waals surface area contributed by atoms with Gasteiger partial charge >= 0.3 is 5.97 Å². The van der Waals surface area contributed by atoms with Crippen molar-refractivity contribution in [3.63, 3.8) is 0 Å². The van der Waals surface area contributed by atoms with E-state index in [0.717, 1.165) is 48.3 Å². The number of aryl methyl sites for hydroxylation is 1. The number of amides is 1. The highest BCUT2D eigenvalue weighted by Crippen LogP contribution is 2.54. The van der Waals surface area contributed by atoms with Gasteiger partial charge in [-0.2, -0.15) is 5.26 Å². The van der Waals surface area contributed by atoms with Gasteiger partial charge in [-0.3, -0.25) is 4.79 Å². The Morgan fingerprint density at radius 2 is 1.97 bits per heavy atom. The monoisotopic (exact) mass is 486 g/mol. The number of thiophene rings is 1. The van der Waals surface area contributed by atoms with Gasteiger partial charge in [-0.1, -0.05) is 30.3 Å². The Balaban J connectivity index is 1.33. The van der Waals surface area contributed by atoms with Gasteiger partial charge in [0.25, 0.3) is 5.91 Å². The third-order valence-corrected chi connectivity index (χ3v) is 7.77. The second-order valence-electron chi connectivity index (χ2n) is 8.86. The molecule has 1 aromatic carbocycles. The maximum Gasteiger partial charge on any atom is 0.341 e. The maximum atomic E-state index is 13.0. The number of anilines is 1. The molecule has 2 aliphatic rings. The predicted octanol–water partition coefficient (Wildman–Crippen LogP) is 6.21. The second-order valence-corrected chi connectivity index (χ2v) is 9.96. The molecule has 1 saturated carbocycles. The summed E-state index contributed by atoms with van der Waals surface area (Å²) in [6.45, 7) is 2.01. The van der Waals surface area contributed by atoms with Crippen molar-refractivity contribution >= 4 is 34.3 Å². The minimum atomic E-state index is -0.567. The molecular formula is C28H26N2O4S. The average Bonchev–Trinajstić information content (AvgIpc) is 3.39. The van der Waals surface area contributed by atoms with Crippen molar-refractivity contribution in [2.24, 2.45) is 0 Å². The molecule has 1 fully saturated rings. The van der Waals surface area contributed by atoms with E-state index >= 15 is 0 Å². The Morgan fingerprint density at radius 3 is 2.74 bits per heavy atom. The number of carbonyl (C=O) groups excluding carboxylic acids is 2. The zero-order valence-electron chi connectivity index (χ0n) is 19.5. The number of hydrogen-bond acceptors (Lipinski definition) is 6. The lowest BCUT2D eigenvalue weighted by atomic mass is 9.95. The van der Waals surface area contributed by atoms with Crippen LogP contribution in [0.3, 0.4) is 0 Å². The summed E-state index contributed by atoms with van der Waals surface area (Å²) in [5, 5.41) is 12.9. The van der Waals surface area contributed by atoms with Crippen LogP contribution in [0.5, 0.6) is 0 Å². The van der Waals surface area contributed by atoms with Crippen LogP contribution in [0.1, 0.15) is 75.9 Å². The fourth-order valence-corrected chi connectivity index (χ4v) is 6.03. The highest BCUT2D eigenvalue weighted by atomic mass is 32.1. The number of esters is 1. The Kier molecular flexibility index (Phi) is 6.56. The molecule has 2 atom stereocenters. The third kappa shape index (κ3) is 4.80. The van der Waals surface area contributed by atoms with Crippen molar-refractivity contribution < 1.29 is 18.7 Å². The lowest BCUT2D eigenvalue weighted by Crippen LogP contribution is -2.16. The molecule has 1 amide bonds. The Hall–Kier alpha value is -3.63. The molecule has 0 spiro atoms. The van der Waals surface area contributed by atoms with E-state index in [0.29, 0.717) is 28.2 Å². The first-order chi connectivity index (χ1) is 17.1. The van der Waals surface area contributed by atoms with Crippen molar-refractivity contribution in [2.75, 3.05) is 11.9 Å². The minimum Gasteiger partial charge on any atom is -0.462 e. The number of nitrogens with one attached hydrogen (secondary N) is 1. The standard InChI is InChI=1S/C28H26N2O4S/c1-2-33-28(32)25-20-10-6-7-11-24(20)35-27(25)30-26(31)18(16-29)14-19-12-13-23(34-19)22-15-21(22)17-8-4-3-5-9-17/h3-5,8-9,12-14,21-22H,2,6-7,10-11,15H2,1H3,(H,30,31)/b18-14+/t21-,22-/m0/s1. The normalized spacial score (nSPS) is 18.9. The van der Waals surface area contributed by atoms with Crippen molar-refractivity contribution in [1.29, 1.82) is 5.26 Å². The molecule has 0 saturated heterocycles. The Morgan fingerprint density at radius 1 is 1.17 bits per heavy atom. The van der Waals surface area contributed by atoms with Crippen LogP contribution in [0.2, 0.25) is 0 Å². The first-order valence-electron chi connectivity index (χ1n) is 12.0. The van der Waals surface area contributed by atoms with Crippen molar-refractivity contribution in [3.8, 4) is 6.07 Å². The summed E-state index contributed by atoms with van der Waals surface area (Å²) in [4.78, 5) is 26.7. The zero-order chi connectivity index (χ0) is 24.4. The van der Waals surface area contributed by atoms with Crippen molar-refractivity contribution in [3.05, 3.63) is 81.1 Å². The fourth-order valence-electron chi connectivity index (χ4n) is 4.76. The van der Waals surface area contributed by atoms with Crippen molar-refractivity contribution in [2.45, 2.75) is 50.9 Å². The number of hydrogen-bond donors (Lipinski definition) is 1. The molecule has 0 bridgehead atoms. The Labute approximate surface area is 208 Å². The van der Waals surface area contributed by atoms with Gasteiger partial charge in [-0.15, -0.1) is 11.3 Å². The van der Waals surface area contributed by atoms with Crippen LogP contribution in [0.15, 0.2) is 52.5 Å². The molecule has 1 N–H and O–H groups in total. The van der Waals surface area contributed by atoms with E-state index in [9.17, 15) is 14.9 Å². The van der Waals surface area contributed by atoms with Gasteiger partial charge in [0.1, 0.15) is 28.2 Å². The zero-order valence-corrected chi connectivity index (χ0v) is 20.3. The van der Waals surface area contributed by atoms with Crippen LogP contribution in [-0.2, 0) is 22.4 Å². The van der Waals surface area contributed by atoms with Gasteiger partial charge in [-0.25, -0.2) is 4.79 Å². The quantitative estimate of drug-likeness (QED) is 0.243. The number of furan rings is 1. The molecule has 0 radical (unpaired) electrons. The van der Waals surface area contributed by atoms with Crippen LogP contribution in [0, 0.1) is 11.3 Å². The van der Waals surface area contributed by atoms with Crippen LogP contribution in [0.25, 0.3) is 6.08 Å². The topological polar surface area (TPSA) is 92.3 Å². The van der Waals surface area contributed by atoms with Gasteiger partial charge in [0.15, 0.2) is 0 Å². The first kappa shape index (κ1) is 23.1. The largest absolute Gasteiger partial charge is 0.462 e. The van der Waals surface area contributed by atoms with Gasteiger partial charge in [0, 0.05) is 16.9 Å². The minimum absolute atomic E-state index is 0.0810. The molecule has 0 aliphatic heterocycles. The van der Waals surface area contributed by atoms with Crippen LogP contribution in [-0.4, -0.2) is 18.5 Å². The summed E-state index contributed by atoms with van der Waals surface area (Å²) in [6.07, 6.45) is 6.20. The van der Waals surface area contributed by atoms with Crippen LogP contribution < -0.4 is 5.32 Å². The van der Waals surface area contributed by atoms with Gasteiger partial charge in [0.05, 0.1) is 12.2 Å². The molecule has 5 rings (SSSR count). The summed E-state index contributed by atoms with van der Waals surface area (Å²) >= 11 is 1.40. The average molecular weight is 487 g/mol. The number of benzene rings is 1. The van der Waals surface area contributed by atoms with E-state index in [1.54, 1.807) is 13.0 Å². The SMILES string of the molecule is CCOC(=O)c1c(NC(=O)/C(C#N)=C/c2ccc([C@H]3C[C@H]3c3ccccc3)o2)sc2c1CCCC2. The summed E-state index contributed by atoms with van der Waals surface area (Å²) in [5.41, 5.74) is 2.60. The molecular weight excluding hydrogens is 460 g/mol. The fraction of sp³-hybridized carbons (Fsp3) is 0.321. The van der Waals surface area contributed by atoms with Gasteiger partial charge < -0.3 is 14.5 Å². The summed E-state index contributed by atoms with van der Waals surface area (Å²) in [5.74, 6) is 1.06. The number of carbonyl (C=O) groups is 2. The molecule has 7 heteroatoms. The molecule has 2 heterocycles. The predicted molar refractivity (Wildman–Crippen MR) is 134 cm³/mol. The highest BCUT2D eigenvalue weighted by molar-refractivity contribution is 7.17. The lowest BCUT2D eigenvalue weighted by molar-refractivity contribution is -0.112. The van der Waals surface area contributed by atoms with Gasteiger partial charge in [0.2, 0.25) is 0 Å². The van der Waals surface area contributed by atoms with Gasteiger partial charge in [-0.05, 0) is 68.2 Å². The summed E-state index contributed by atoms with van der Waals surface area (Å²) in [7, 11) is 0. The van der Waals surface area contributed by atoms with Crippen molar-refractivity contribution in [1.82, 2.24) is 0 Å². The molecule has 35 heavy (non-hydrogen) atoms. The molecule has 6 nitrogen and oxygen atoms in total. The highest BCUT2D eigenvalue weighted by Gasteiger charge is 2.41. The number of fused-ring (bicyclic) bond motifs is 1. The number of ether oxygens (including phenoxy) is 1. The summed E-state index contributed by atoms with van der Waals surface area (Å²) < 4.78 is 11.2. The molecule has 2 aliphatic carbocycles. The molecule has 2 aromatic heterocycles. The molecule has 178 valence electrons.